The molecule has 1 heterocycles. The van der Waals surface area contributed by atoms with Crippen LogP contribution in [0.3, 0.4) is 0 Å². The number of carbonyl (C=O) groups is 1. The average Bonchev–Trinajstić information content (AvgIpc) is 2.43. The highest BCUT2D eigenvalue weighted by atomic mass is 32.2. The summed E-state index contributed by atoms with van der Waals surface area (Å²) in [6.45, 7) is 0. The van der Waals surface area contributed by atoms with Crippen molar-refractivity contribution in [3.05, 3.63) is 0 Å². The maximum Gasteiger partial charge on any atom is 0.224 e. The maximum absolute atomic E-state index is 11.6. The number of hydrogen-bond acceptors (Lipinski definition) is 4. The van der Waals surface area contributed by atoms with E-state index in [0.717, 1.165) is 0 Å². The van der Waals surface area contributed by atoms with Gasteiger partial charge in [0.05, 0.1) is 23.5 Å². The first-order chi connectivity index (χ1) is 6.96. The van der Waals surface area contributed by atoms with Gasteiger partial charge >= 0.3 is 0 Å². The van der Waals surface area contributed by atoms with E-state index in [0.29, 0.717) is 19.3 Å². The molecule has 1 aliphatic heterocycles. The number of carbonyl (C=O) groups excluding carboxylic acids is 1. The van der Waals surface area contributed by atoms with Gasteiger partial charge in [-0.15, -0.1) is 0 Å². The van der Waals surface area contributed by atoms with Gasteiger partial charge in [-0.1, -0.05) is 0 Å². The molecule has 2 fully saturated rings. The number of aliphatic hydroxyl groups excluding tert-OH is 1. The van der Waals surface area contributed by atoms with Gasteiger partial charge in [0.1, 0.15) is 0 Å². The molecule has 1 amide bonds. The fourth-order valence-electron chi connectivity index (χ4n) is 2.03. The Hall–Kier alpha value is -0.620. The van der Waals surface area contributed by atoms with Gasteiger partial charge in [0, 0.05) is 6.04 Å². The largest absolute Gasteiger partial charge is 0.393 e. The van der Waals surface area contributed by atoms with Crippen LogP contribution in [0.5, 0.6) is 0 Å². The number of aliphatic hydroxyl groups is 1. The summed E-state index contributed by atoms with van der Waals surface area (Å²) < 4.78 is 22.3. The molecule has 2 rings (SSSR count). The molecule has 1 unspecified atom stereocenters. The van der Waals surface area contributed by atoms with Crippen molar-refractivity contribution in [2.24, 2.45) is 5.92 Å². The first kappa shape index (κ1) is 10.9. The van der Waals surface area contributed by atoms with E-state index in [1.54, 1.807) is 0 Å². The first-order valence-electron chi connectivity index (χ1n) is 5.15. The normalized spacial score (nSPS) is 38.3. The molecule has 0 aromatic heterocycles. The molecule has 15 heavy (non-hydrogen) atoms. The van der Waals surface area contributed by atoms with Gasteiger partial charge < -0.3 is 10.4 Å². The van der Waals surface area contributed by atoms with Crippen molar-refractivity contribution >= 4 is 15.7 Å². The molecule has 6 heteroatoms. The summed E-state index contributed by atoms with van der Waals surface area (Å²) in [4.78, 5) is 11.6. The Morgan fingerprint density at radius 1 is 1.33 bits per heavy atom. The molecule has 1 saturated heterocycles. The number of hydrogen-bond donors (Lipinski definition) is 2. The van der Waals surface area contributed by atoms with Crippen LogP contribution in [0.25, 0.3) is 0 Å². The summed E-state index contributed by atoms with van der Waals surface area (Å²) >= 11 is 0. The summed E-state index contributed by atoms with van der Waals surface area (Å²) in [5, 5.41) is 11.8. The second-order valence-electron chi connectivity index (χ2n) is 4.43. The SMILES string of the molecule is O=C(NC1CC(O)C1)C1CCS(=O)(=O)C1. The molecular formula is C9H15NO4S. The van der Waals surface area contributed by atoms with Crippen LogP contribution in [-0.2, 0) is 14.6 Å². The lowest BCUT2D eigenvalue weighted by molar-refractivity contribution is -0.126. The van der Waals surface area contributed by atoms with Crippen LogP contribution >= 0.6 is 0 Å². The lowest BCUT2D eigenvalue weighted by Gasteiger charge is -2.32. The lowest BCUT2D eigenvalue weighted by Crippen LogP contribution is -2.48. The molecule has 0 aromatic rings. The summed E-state index contributed by atoms with van der Waals surface area (Å²) in [6.07, 6.45) is 1.31. The van der Waals surface area contributed by atoms with E-state index in [1.807, 2.05) is 0 Å². The minimum absolute atomic E-state index is 0.0197. The van der Waals surface area contributed by atoms with E-state index < -0.39 is 9.84 Å². The highest BCUT2D eigenvalue weighted by molar-refractivity contribution is 7.91. The van der Waals surface area contributed by atoms with Gasteiger partial charge in [-0.25, -0.2) is 8.42 Å². The number of nitrogens with one attached hydrogen (secondary N) is 1. The minimum Gasteiger partial charge on any atom is -0.393 e. The molecular weight excluding hydrogens is 218 g/mol. The number of rotatable bonds is 2. The summed E-state index contributed by atoms with van der Waals surface area (Å²) in [5.74, 6) is -0.451. The molecule has 0 bridgehead atoms. The molecule has 0 spiro atoms. The first-order valence-corrected chi connectivity index (χ1v) is 6.97. The van der Waals surface area contributed by atoms with E-state index in [9.17, 15) is 13.2 Å². The fraction of sp³-hybridized carbons (Fsp3) is 0.889. The third-order valence-corrected chi connectivity index (χ3v) is 4.83. The van der Waals surface area contributed by atoms with Gasteiger partial charge in [-0.05, 0) is 19.3 Å². The van der Waals surface area contributed by atoms with Crippen molar-refractivity contribution in [1.29, 1.82) is 0 Å². The van der Waals surface area contributed by atoms with Gasteiger partial charge in [-0.2, -0.15) is 0 Å². The Labute approximate surface area is 88.8 Å². The predicted molar refractivity (Wildman–Crippen MR) is 53.9 cm³/mol. The maximum atomic E-state index is 11.6. The molecule has 2 N–H and O–H groups in total. The molecule has 0 aromatic carbocycles. The molecule has 86 valence electrons. The molecule has 0 radical (unpaired) electrons. The Kier molecular flexibility index (Phi) is 2.72. The zero-order valence-corrected chi connectivity index (χ0v) is 9.16. The second kappa shape index (κ2) is 3.75. The average molecular weight is 233 g/mol. The van der Waals surface area contributed by atoms with Crippen LogP contribution < -0.4 is 5.32 Å². The third kappa shape index (κ3) is 2.49. The highest BCUT2D eigenvalue weighted by Gasteiger charge is 2.36. The Morgan fingerprint density at radius 2 is 2.00 bits per heavy atom. The van der Waals surface area contributed by atoms with Crippen molar-refractivity contribution in [1.82, 2.24) is 5.32 Å². The van der Waals surface area contributed by atoms with Crippen molar-refractivity contribution < 1.29 is 18.3 Å². The lowest BCUT2D eigenvalue weighted by atomic mass is 9.89. The van der Waals surface area contributed by atoms with Gasteiger partial charge in [0.25, 0.3) is 0 Å². The standard InChI is InChI=1S/C9H15NO4S/c11-8-3-7(4-8)10-9(12)6-1-2-15(13,14)5-6/h6-8,11H,1-5H2,(H,10,12). The quantitative estimate of drug-likeness (QED) is 0.645. The van der Waals surface area contributed by atoms with Crippen molar-refractivity contribution in [2.45, 2.75) is 31.4 Å². The van der Waals surface area contributed by atoms with Crippen molar-refractivity contribution in [3.8, 4) is 0 Å². The highest BCUT2D eigenvalue weighted by Crippen LogP contribution is 2.22. The topological polar surface area (TPSA) is 83.5 Å². The Balaban J connectivity index is 1.82. The van der Waals surface area contributed by atoms with Crippen LogP contribution in [0.15, 0.2) is 0 Å². The summed E-state index contributed by atoms with van der Waals surface area (Å²) in [7, 11) is -2.99. The summed E-state index contributed by atoms with van der Waals surface area (Å²) in [6, 6.07) is 0.0378. The molecule has 1 aliphatic carbocycles. The van der Waals surface area contributed by atoms with Crippen LogP contribution in [0, 0.1) is 5.92 Å². The zero-order chi connectivity index (χ0) is 11.1. The molecule has 1 atom stereocenters. The summed E-state index contributed by atoms with van der Waals surface area (Å²) in [5.41, 5.74) is 0. The van der Waals surface area contributed by atoms with Gasteiger partial charge in [-0.3, -0.25) is 4.79 Å². The van der Waals surface area contributed by atoms with E-state index in [1.165, 1.54) is 0 Å². The second-order valence-corrected chi connectivity index (χ2v) is 6.66. The third-order valence-electron chi connectivity index (χ3n) is 3.06. The minimum atomic E-state index is -2.99. The fourth-order valence-corrected chi connectivity index (χ4v) is 3.77. The van der Waals surface area contributed by atoms with E-state index >= 15 is 0 Å². The Morgan fingerprint density at radius 3 is 2.47 bits per heavy atom. The van der Waals surface area contributed by atoms with Crippen LogP contribution in [0.2, 0.25) is 0 Å². The van der Waals surface area contributed by atoms with E-state index in [-0.39, 0.29) is 35.5 Å². The zero-order valence-electron chi connectivity index (χ0n) is 8.35. The molecule has 1 saturated carbocycles. The monoisotopic (exact) mass is 233 g/mol. The van der Waals surface area contributed by atoms with Crippen molar-refractivity contribution in [3.63, 3.8) is 0 Å². The van der Waals surface area contributed by atoms with Gasteiger partial charge in [0.15, 0.2) is 9.84 Å². The predicted octanol–water partition coefficient (Wildman–Crippen LogP) is -0.939. The smallest absolute Gasteiger partial charge is 0.224 e. The van der Waals surface area contributed by atoms with Crippen LogP contribution in [0.1, 0.15) is 19.3 Å². The molecule has 2 aliphatic rings. The Bertz CT molecular complexity index is 358. The van der Waals surface area contributed by atoms with Crippen LogP contribution in [0.4, 0.5) is 0 Å². The molecule has 5 nitrogen and oxygen atoms in total. The number of sulfone groups is 1. The number of amides is 1. The van der Waals surface area contributed by atoms with Gasteiger partial charge in [0.2, 0.25) is 5.91 Å². The van der Waals surface area contributed by atoms with Crippen molar-refractivity contribution in [2.75, 3.05) is 11.5 Å². The van der Waals surface area contributed by atoms with E-state index in [2.05, 4.69) is 5.32 Å². The van der Waals surface area contributed by atoms with E-state index in [4.69, 9.17) is 5.11 Å². The van der Waals surface area contributed by atoms with Crippen LogP contribution in [-0.4, -0.2) is 43.1 Å².